The van der Waals surface area contributed by atoms with E-state index >= 15 is 0 Å². The van der Waals surface area contributed by atoms with Gasteiger partial charge in [-0.2, -0.15) is 0 Å². The molecule has 1 aliphatic heterocycles. The van der Waals surface area contributed by atoms with E-state index in [4.69, 9.17) is 13.9 Å². The molecule has 0 unspecified atom stereocenters. The molecular formula is C55H33NO3. The number of hydrogen-bond donors (Lipinski definition) is 0. The Kier molecular flexibility index (Phi) is 6.62. The molecule has 0 atom stereocenters. The van der Waals surface area contributed by atoms with Crippen molar-refractivity contribution >= 4 is 39.0 Å². The zero-order chi connectivity index (χ0) is 38.7. The van der Waals surface area contributed by atoms with Crippen LogP contribution in [-0.2, 0) is 5.41 Å². The van der Waals surface area contributed by atoms with Gasteiger partial charge in [-0.05, 0) is 111 Å². The summed E-state index contributed by atoms with van der Waals surface area (Å²) >= 11 is 0. The van der Waals surface area contributed by atoms with Crippen LogP contribution in [0.4, 0.5) is 17.1 Å². The summed E-state index contributed by atoms with van der Waals surface area (Å²) in [5.41, 5.74) is 16.5. The SMILES string of the molecule is c1ccc(N(c2ccc(-c3ccc4oc5ccccc5c4c3)cc2)c2ccc3c(c2)Oc2c(ccc4c2-c2ccccc2C42c4ccccc4-c4ccccc42)O3)cc1. The zero-order valence-electron chi connectivity index (χ0n) is 31.7. The number of furan rings is 1. The Bertz CT molecular complexity index is 3300. The number of nitrogens with zero attached hydrogens (tertiary/aromatic N) is 1. The molecule has 59 heavy (non-hydrogen) atoms. The van der Waals surface area contributed by atoms with E-state index in [0.717, 1.165) is 61.4 Å². The maximum atomic E-state index is 7.10. The van der Waals surface area contributed by atoms with E-state index in [0.29, 0.717) is 17.2 Å². The van der Waals surface area contributed by atoms with Crippen molar-refractivity contribution in [2.75, 3.05) is 4.90 Å². The number of hydrogen-bond acceptors (Lipinski definition) is 4. The first kappa shape index (κ1) is 32.3. The van der Waals surface area contributed by atoms with Gasteiger partial charge >= 0.3 is 0 Å². The van der Waals surface area contributed by atoms with E-state index in [1.165, 1.54) is 38.9 Å². The molecule has 0 bridgehead atoms. The number of anilines is 3. The molecule has 0 saturated heterocycles. The molecule has 1 aromatic heterocycles. The van der Waals surface area contributed by atoms with Crippen LogP contribution >= 0.6 is 0 Å². The highest BCUT2D eigenvalue weighted by Gasteiger charge is 2.53. The monoisotopic (exact) mass is 755 g/mol. The summed E-state index contributed by atoms with van der Waals surface area (Å²) in [5, 5.41) is 2.24. The smallest absolute Gasteiger partial charge is 0.178 e. The molecule has 13 rings (SSSR count). The largest absolute Gasteiger partial charge is 0.456 e. The van der Waals surface area contributed by atoms with Gasteiger partial charge in [0.05, 0.1) is 11.1 Å². The standard InChI is InChI=1S/C55H33NO3/c1-2-12-36(13-3-1)56(37-25-22-34(23-26-37)35-24-29-49-43(32-35)41-16-7-11-21-48(41)57-49)38-27-30-50-52(33-38)59-54-51(58-50)31-28-47-53(54)42-17-6-10-20-46(42)55(47)44-18-8-4-14-39(44)40-15-5-9-19-45(40)55/h1-33H. The number of para-hydroxylation sites is 2. The Morgan fingerprint density at radius 2 is 0.949 bits per heavy atom. The van der Waals surface area contributed by atoms with Crippen LogP contribution in [0.3, 0.4) is 0 Å². The summed E-state index contributed by atoms with van der Waals surface area (Å²) in [6.45, 7) is 0. The second kappa shape index (κ2) is 12.1. The van der Waals surface area contributed by atoms with Gasteiger partial charge in [0.2, 0.25) is 0 Å². The summed E-state index contributed by atoms with van der Waals surface area (Å²) in [7, 11) is 0. The fraction of sp³-hybridized carbons (Fsp3) is 0.0182. The van der Waals surface area contributed by atoms with Gasteiger partial charge in [-0.15, -0.1) is 0 Å². The van der Waals surface area contributed by atoms with Crippen LogP contribution in [0, 0.1) is 0 Å². The summed E-state index contributed by atoms with van der Waals surface area (Å²) in [6, 6.07) is 71.0. The van der Waals surface area contributed by atoms with Crippen molar-refractivity contribution in [1.29, 1.82) is 0 Å². The second-order valence-corrected chi connectivity index (χ2v) is 15.6. The van der Waals surface area contributed by atoms with E-state index in [1.807, 2.05) is 24.3 Å². The van der Waals surface area contributed by atoms with E-state index in [1.54, 1.807) is 0 Å². The van der Waals surface area contributed by atoms with Gasteiger partial charge in [0.25, 0.3) is 0 Å². The second-order valence-electron chi connectivity index (χ2n) is 15.6. The zero-order valence-corrected chi connectivity index (χ0v) is 31.7. The van der Waals surface area contributed by atoms with E-state index < -0.39 is 5.41 Å². The fourth-order valence-corrected chi connectivity index (χ4v) is 10.1. The molecule has 0 fully saturated rings. The molecule has 0 N–H and O–H groups in total. The van der Waals surface area contributed by atoms with Gasteiger partial charge in [0.1, 0.15) is 11.2 Å². The molecule has 3 aliphatic rings. The van der Waals surface area contributed by atoms with Gasteiger partial charge in [0.15, 0.2) is 23.0 Å². The van der Waals surface area contributed by atoms with Gasteiger partial charge in [0, 0.05) is 33.8 Å². The third-order valence-electron chi connectivity index (χ3n) is 12.5. The molecule has 276 valence electrons. The lowest BCUT2D eigenvalue weighted by molar-refractivity contribution is 0.360. The predicted molar refractivity (Wildman–Crippen MR) is 237 cm³/mol. The third-order valence-corrected chi connectivity index (χ3v) is 12.5. The first-order chi connectivity index (χ1) is 29.2. The quantitative estimate of drug-likeness (QED) is 0.179. The lowest BCUT2D eigenvalue weighted by Crippen LogP contribution is -2.25. The maximum absolute atomic E-state index is 7.10. The number of benzene rings is 9. The van der Waals surface area contributed by atoms with Crippen molar-refractivity contribution in [3.05, 3.63) is 222 Å². The Hall–Kier alpha value is -7.82. The molecule has 10 aromatic rings. The van der Waals surface area contributed by atoms with Crippen molar-refractivity contribution < 1.29 is 13.9 Å². The van der Waals surface area contributed by atoms with Gasteiger partial charge < -0.3 is 18.8 Å². The van der Waals surface area contributed by atoms with Crippen LogP contribution in [0.2, 0.25) is 0 Å². The maximum Gasteiger partial charge on any atom is 0.178 e. The van der Waals surface area contributed by atoms with Crippen LogP contribution in [0.1, 0.15) is 22.3 Å². The Morgan fingerprint density at radius 1 is 0.356 bits per heavy atom. The van der Waals surface area contributed by atoms with Crippen LogP contribution in [-0.4, -0.2) is 0 Å². The molecular weight excluding hydrogens is 723 g/mol. The normalized spacial score (nSPS) is 13.5. The van der Waals surface area contributed by atoms with Gasteiger partial charge in [-0.1, -0.05) is 133 Å². The molecule has 2 heterocycles. The van der Waals surface area contributed by atoms with Crippen LogP contribution in [0.25, 0.3) is 55.3 Å². The molecule has 1 spiro atoms. The third kappa shape index (κ3) is 4.48. The molecule has 2 aliphatic carbocycles. The summed E-state index contributed by atoms with van der Waals surface area (Å²) < 4.78 is 19.9. The lowest BCUT2D eigenvalue weighted by Gasteiger charge is -2.31. The Balaban J connectivity index is 0.916. The van der Waals surface area contributed by atoms with E-state index in [2.05, 4.69) is 181 Å². The van der Waals surface area contributed by atoms with E-state index in [9.17, 15) is 0 Å². The molecule has 0 saturated carbocycles. The number of ether oxygens (including phenoxy) is 2. The van der Waals surface area contributed by atoms with Crippen molar-refractivity contribution in [3.63, 3.8) is 0 Å². The lowest BCUT2D eigenvalue weighted by atomic mass is 9.70. The molecule has 0 amide bonds. The topological polar surface area (TPSA) is 34.8 Å². The molecule has 4 nitrogen and oxygen atoms in total. The highest BCUT2D eigenvalue weighted by molar-refractivity contribution is 6.06. The number of fused-ring (bicyclic) bond motifs is 16. The molecule has 9 aromatic carbocycles. The highest BCUT2D eigenvalue weighted by Crippen LogP contribution is 2.66. The Morgan fingerprint density at radius 3 is 1.73 bits per heavy atom. The predicted octanol–water partition coefficient (Wildman–Crippen LogP) is 15.0. The molecule has 0 radical (unpaired) electrons. The summed E-state index contributed by atoms with van der Waals surface area (Å²) in [5.74, 6) is 2.82. The van der Waals surface area contributed by atoms with Gasteiger partial charge in [-0.25, -0.2) is 0 Å². The summed E-state index contributed by atoms with van der Waals surface area (Å²) in [6.07, 6.45) is 0. The highest BCUT2D eigenvalue weighted by atomic mass is 16.6. The van der Waals surface area contributed by atoms with Gasteiger partial charge in [-0.3, -0.25) is 0 Å². The number of rotatable bonds is 4. The average molecular weight is 756 g/mol. The van der Waals surface area contributed by atoms with Crippen LogP contribution in [0.15, 0.2) is 205 Å². The minimum atomic E-state index is -0.464. The van der Waals surface area contributed by atoms with Crippen LogP contribution in [0.5, 0.6) is 23.0 Å². The summed E-state index contributed by atoms with van der Waals surface area (Å²) in [4.78, 5) is 2.27. The first-order valence-corrected chi connectivity index (χ1v) is 20.1. The first-order valence-electron chi connectivity index (χ1n) is 20.1. The van der Waals surface area contributed by atoms with Crippen molar-refractivity contribution in [2.45, 2.75) is 5.41 Å². The van der Waals surface area contributed by atoms with Crippen molar-refractivity contribution in [2.24, 2.45) is 0 Å². The fourth-order valence-electron chi connectivity index (χ4n) is 10.1. The minimum Gasteiger partial charge on any atom is -0.456 e. The Labute approximate surface area is 340 Å². The average Bonchev–Trinajstić information content (AvgIpc) is 3.93. The molecule has 4 heteroatoms. The minimum absolute atomic E-state index is 0.464. The van der Waals surface area contributed by atoms with Crippen LogP contribution < -0.4 is 14.4 Å². The van der Waals surface area contributed by atoms with E-state index in [-0.39, 0.29) is 0 Å². The van der Waals surface area contributed by atoms with Crippen molar-refractivity contribution in [1.82, 2.24) is 0 Å². The van der Waals surface area contributed by atoms with Crippen molar-refractivity contribution in [3.8, 4) is 56.4 Å².